The van der Waals surface area contributed by atoms with Crippen LogP contribution in [-0.4, -0.2) is 48.7 Å². The summed E-state index contributed by atoms with van der Waals surface area (Å²) >= 11 is 0. The highest BCUT2D eigenvalue weighted by Crippen LogP contribution is 2.35. The quantitative estimate of drug-likeness (QED) is 0.502. The third kappa shape index (κ3) is 4.83. The van der Waals surface area contributed by atoms with E-state index in [0.29, 0.717) is 30.2 Å². The van der Waals surface area contributed by atoms with E-state index < -0.39 is 15.9 Å². The molecule has 0 fully saturated rings. The number of hydrogen-bond acceptors (Lipinski definition) is 8. The molecule has 1 aromatic heterocycles. The number of amides is 1. The van der Waals surface area contributed by atoms with E-state index in [1.165, 1.54) is 28.6 Å². The van der Waals surface area contributed by atoms with Crippen LogP contribution in [0, 0.1) is 0 Å². The number of nitrogens with zero attached hydrogens (tertiary/aromatic N) is 3. The fourth-order valence-corrected chi connectivity index (χ4v) is 4.99. The van der Waals surface area contributed by atoms with E-state index in [1.807, 2.05) is 13.8 Å². The van der Waals surface area contributed by atoms with E-state index in [9.17, 15) is 13.2 Å². The first-order chi connectivity index (χ1) is 15.9. The van der Waals surface area contributed by atoms with Gasteiger partial charge in [-0.05, 0) is 55.3 Å². The van der Waals surface area contributed by atoms with Gasteiger partial charge in [-0.2, -0.15) is 4.31 Å². The summed E-state index contributed by atoms with van der Waals surface area (Å²) < 4.78 is 43.3. The van der Waals surface area contributed by atoms with E-state index in [-0.39, 0.29) is 29.2 Å². The number of sulfonamides is 1. The molecule has 0 saturated carbocycles. The number of rotatable bonds is 9. The van der Waals surface area contributed by atoms with Crippen molar-refractivity contribution in [3.8, 4) is 23.0 Å². The molecule has 2 aromatic carbocycles. The highest BCUT2D eigenvalue weighted by Gasteiger charge is 2.23. The molecule has 1 aliphatic heterocycles. The maximum atomic E-state index is 12.9. The minimum atomic E-state index is -3.62. The van der Waals surface area contributed by atoms with Gasteiger partial charge in [0.05, 0.1) is 4.90 Å². The van der Waals surface area contributed by atoms with Crippen molar-refractivity contribution < 1.29 is 27.1 Å². The molecular formula is C22H24N4O6S. The van der Waals surface area contributed by atoms with Crippen LogP contribution in [0.3, 0.4) is 0 Å². The second kappa shape index (κ2) is 9.59. The topological polar surface area (TPSA) is 124 Å². The van der Waals surface area contributed by atoms with Crippen LogP contribution in [0.25, 0.3) is 11.5 Å². The van der Waals surface area contributed by atoms with Gasteiger partial charge in [-0.15, -0.1) is 5.10 Å². The number of hydrogen-bond donors (Lipinski definition) is 1. The van der Waals surface area contributed by atoms with Gasteiger partial charge < -0.3 is 13.9 Å². The van der Waals surface area contributed by atoms with Gasteiger partial charge in [-0.3, -0.25) is 10.1 Å². The fraction of sp³-hybridized carbons (Fsp3) is 0.318. The molecule has 1 N–H and O–H groups in total. The summed E-state index contributed by atoms with van der Waals surface area (Å²) in [4.78, 5) is 12.7. The fourth-order valence-electron chi connectivity index (χ4n) is 3.37. The van der Waals surface area contributed by atoms with Gasteiger partial charge in [0.2, 0.25) is 22.7 Å². The zero-order chi connectivity index (χ0) is 23.4. The predicted octanol–water partition coefficient (Wildman–Crippen LogP) is 3.53. The summed E-state index contributed by atoms with van der Waals surface area (Å²) in [5.74, 6) is 0.906. The molecule has 1 amide bonds. The number of ether oxygens (including phenoxy) is 2. The molecule has 4 rings (SSSR count). The van der Waals surface area contributed by atoms with Gasteiger partial charge in [-0.1, -0.05) is 18.9 Å². The summed E-state index contributed by atoms with van der Waals surface area (Å²) in [6.45, 7) is 4.91. The molecule has 33 heavy (non-hydrogen) atoms. The first kappa shape index (κ1) is 22.7. The van der Waals surface area contributed by atoms with Crippen LogP contribution in [-0.2, 0) is 10.0 Å². The molecule has 2 heterocycles. The number of carbonyl (C=O) groups excluding carboxylic acids is 1. The van der Waals surface area contributed by atoms with Gasteiger partial charge >= 0.3 is 6.01 Å². The lowest BCUT2D eigenvalue weighted by molar-refractivity contribution is 0.102. The van der Waals surface area contributed by atoms with E-state index >= 15 is 0 Å². The molecule has 0 aliphatic carbocycles. The number of carbonyl (C=O) groups is 1. The summed E-state index contributed by atoms with van der Waals surface area (Å²) in [5, 5.41) is 10.3. The third-order valence-electron chi connectivity index (χ3n) is 4.97. The van der Waals surface area contributed by atoms with Crippen LogP contribution in [0.15, 0.2) is 51.8 Å². The van der Waals surface area contributed by atoms with Crippen LogP contribution < -0.4 is 14.8 Å². The van der Waals surface area contributed by atoms with Crippen molar-refractivity contribution in [1.29, 1.82) is 0 Å². The van der Waals surface area contributed by atoms with Crippen LogP contribution in [0.1, 0.15) is 37.0 Å². The third-order valence-corrected chi connectivity index (χ3v) is 6.88. The minimum absolute atomic E-state index is 0.0820. The van der Waals surface area contributed by atoms with Crippen LogP contribution in [0.5, 0.6) is 11.5 Å². The predicted molar refractivity (Wildman–Crippen MR) is 120 cm³/mol. The number of anilines is 1. The van der Waals surface area contributed by atoms with Gasteiger partial charge in [-0.25, -0.2) is 8.42 Å². The first-order valence-corrected chi connectivity index (χ1v) is 12.0. The van der Waals surface area contributed by atoms with Crippen LogP contribution in [0.4, 0.5) is 6.01 Å². The molecule has 0 saturated heterocycles. The van der Waals surface area contributed by atoms with Crippen molar-refractivity contribution in [2.75, 3.05) is 25.2 Å². The Balaban J connectivity index is 1.45. The average Bonchev–Trinajstić information content (AvgIpc) is 3.48. The molecule has 0 spiro atoms. The van der Waals surface area contributed by atoms with Crippen molar-refractivity contribution in [3.05, 3.63) is 48.0 Å². The minimum Gasteiger partial charge on any atom is -0.454 e. The maximum absolute atomic E-state index is 12.9. The van der Waals surface area contributed by atoms with Crippen molar-refractivity contribution in [3.63, 3.8) is 0 Å². The molecule has 0 atom stereocenters. The Kier molecular flexibility index (Phi) is 6.61. The number of fused-ring (bicyclic) bond motifs is 1. The summed E-state index contributed by atoms with van der Waals surface area (Å²) in [5.41, 5.74) is 0.875. The monoisotopic (exact) mass is 472 g/mol. The maximum Gasteiger partial charge on any atom is 0.322 e. The van der Waals surface area contributed by atoms with E-state index in [2.05, 4.69) is 15.5 Å². The smallest absolute Gasteiger partial charge is 0.322 e. The van der Waals surface area contributed by atoms with E-state index in [1.54, 1.807) is 18.2 Å². The van der Waals surface area contributed by atoms with Gasteiger partial charge in [0.25, 0.3) is 5.91 Å². The number of benzene rings is 2. The van der Waals surface area contributed by atoms with Gasteiger partial charge in [0.1, 0.15) is 0 Å². The second-order valence-electron chi connectivity index (χ2n) is 7.36. The molecule has 10 nitrogen and oxygen atoms in total. The highest BCUT2D eigenvalue weighted by molar-refractivity contribution is 7.89. The summed E-state index contributed by atoms with van der Waals surface area (Å²) in [7, 11) is -3.62. The Bertz CT molecular complexity index is 1230. The van der Waals surface area contributed by atoms with E-state index in [0.717, 1.165) is 12.8 Å². The van der Waals surface area contributed by atoms with Crippen molar-refractivity contribution >= 4 is 21.9 Å². The van der Waals surface area contributed by atoms with Gasteiger partial charge in [0, 0.05) is 24.2 Å². The van der Waals surface area contributed by atoms with Crippen LogP contribution >= 0.6 is 0 Å². The lowest BCUT2D eigenvalue weighted by Crippen LogP contribution is -2.32. The Morgan fingerprint density at radius 1 is 1.00 bits per heavy atom. The highest BCUT2D eigenvalue weighted by atomic mass is 32.2. The molecule has 0 bridgehead atoms. The van der Waals surface area contributed by atoms with Crippen LogP contribution in [0.2, 0.25) is 0 Å². The Morgan fingerprint density at radius 3 is 2.39 bits per heavy atom. The first-order valence-electron chi connectivity index (χ1n) is 10.6. The number of aromatic nitrogens is 2. The molecule has 0 radical (unpaired) electrons. The Morgan fingerprint density at radius 2 is 1.70 bits per heavy atom. The summed E-state index contributed by atoms with van der Waals surface area (Å²) in [6, 6.07) is 10.9. The Labute approximate surface area is 191 Å². The van der Waals surface area contributed by atoms with Gasteiger partial charge in [0.15, 0.2) is 11.5 Å². The zero-order valence-electron chi connectivity index (χ0n) is 18.3. The average molecular weight is 473 g/mol. The standard InChI is InChI=1S/C22H24N4O6S/c1-3-11-26(12-4-2)33(28,29)17-8-5-15(6-9-17)20(27)23-22-25-24-21(32-22)16-7-10-18-19(13-16)31-14-30-18/h5-10,13H,3-4,11-12,14H2,1-2H3,(H,23,25,27). The van der Waals surface area contributed by atoms with Crippen molar-refractivity contribution in [2.45, 2.75) is 31.6 Å². The lowest BCUT2D eigenvalue weighted by Gasteiger charge is -2.21. The normalized spacial score (nSPS) is 12.8. The molecule has 3 aromatic rings. The molecule has 11 heteroatoms. The Hall–Kier alpha value is -3.44. The SMILES string of the molecule is CCCN(CCC)S(=O)(=O)c1ccc(C(=O)Nc2nnc(-c3ccc4c(c3)OCO4)o2)cc1. The van der Waals surface area contributed by atoms with Crippen molar-refractivity contribution in [2.24, 2.45) is 0 Å². The largest absolute Gasteiger partial charge is 0.454 e. The number of nitrogens with one attached hydrogen (secondary N) is 1. The molecular weight excluding hydrogens is 448 g/mol. The molecule has 174 valence electrons. The molecule has 0 unspecified atom stereocenters. The second-order valence-corrected chi connectivity index (χ2v) is 9.30. The molecule has 1 aliphatic rings. The zero-order valence-corrected chi connectivity index (χ0v) is 19.1. The summed E-state index contributed by atoms with van der Waals surface area (Å²) in [6.07, 6.45) is 1.44. The van der Waals surface area contributed by atoms with E-state index in [4.69, 9.17) is 13.9 Å². The van der Waals surface area contributed by atoms with Crippen molar-refractivity contribution in [1.82, 2.24) is 14.5 Å². The lowest BCUT2D eigenvalue weighted by atomic mass is 10.2.